The van der Waals surface area contributed by atoms with Crippen molar-refractivity contribution in [2.75, 3.05) is 26.2 Å². The maximum atomic E-state index is 13.0. The smallest absolute Gasteiger partial charge is 0.289 e. The molecule has 29 heavy (non-hydrogen) atoms. The fraction of sp³-hybridized carbons (Fsp3) is 0.304. The summed E-state index contributed by atoms with van der Waals surface area (Å²) in [6.45, 7) is 4.17. The summed E-state index contributed by atoms with van der Waals surface area (Å²) in [6.07, 6.45) is 5.89. The summed E-state index contributed by atoms with van der Waals surface area (Å²) in [6, 6.07) is 15.6. The molecule has 6 heteroatoms. The number of carbonyl (C=O) groups is 2. The van der Waals surface area contributed by atoms with Gasteiger partial charge in [0.2, 0.25) is 5.91 Å². The predicted octanol–water partition coefficient (Wildman–Crippen LogP) is 3.35. The predicted molar refractivity (Wildman–Crippen MR) is 110 cm³/mol. The Morgan fingerprint density at radius 1 is 0.931 bits per heavy atom. The number of nitrogens with zero attached hydrogens (tertiary/aromatic N) is 3. The maximum Gasteiger partial charge on any atom is 0.289 e. The molecule has 1 saturated heterocycles. The molecule has 4 rings (SSSR count). The first-order valence-corrected chi connectivity index (χ1v) is 9.91. The van der Waals surface area contributed by atoms with E-state index in [0.29, 0.717) is 38.4 Å². The van der Waals surface area contributed by atoms with Crippen LogP contribution in [0.4, 0.5) is 0 Å². The Labute approximate surface area is 170 Å². The minimum Gasteiger partial charge on any atom is -0.459 e. The third kappa shape index (κ3) is 4.26. The molecule has 1 unspecified atom stereocenters. The van der Waals surface area contributed by atoms with Crippen molar-refractivity contribution in [3.05, 3.63) is 84.1 Å². The number of hydrogen-bond donors (Lipinski definition) is 0. The van der Waals surface area contributed by atoms with Gasteiger partial charge in [-0.2, -0.15) is 0 Å². The molecule has 2 amide bonds. The highest BCUT2D eigenvalue weighted by atomic mass is 16.3. The molecule has 0 saturated carbocycles. The zero-order valence-corrected chi connectivity index (χ0v) is 16.5. The zero-order valence-electron chi connectivity index (χ0n) is 16.5. The monoisotopic (exact) mass is 391 g/mol. The van der Waals surface area contributed by atoms with Crippen LogP contribution in [-0.4, -0.2) is 52.4 Å². The molecule has 1 fully saturated rings. The maximum absolute atomic E-state index is 13.0. The van der Waals surface area contributed by atoms with Crippen LogP contribution >= 0.6 is 0 Å². The van der Waals surface area contributed by atoms with Gasteiger partial charge in [0.1, 0.15) is 0 Å². The van der Waals surface area contributed by atoms with E-state index in [1.165, 1.54) is 11.8 Å². The lowest BCUT2D eigenvalue weighted by molar-refractivity contribution is -0.133. The average Bonchev–Trinajstić information content (AvgIpc) is 3.46. The number of hydrogen-bond acceptors (Lipinski definition) is 3. The van der Waals surface area contributed by atoms with Crippen molar-refractivity contribution in [1.82, 2.24) is 14.4 Å². The van der Waals surface area contributed by atoms with Crippen LogP contribution in [0.1, 0.15) is 34.1 Å². The Kier molecular flexibility index (Phi) is 5.51. The van der Waals surface area contributed by atoms with Crippen molar-refractivity contribution in [3.8, 4) is 0 Å². The molecule has 1 aromatic carbocycles. The van der Waals surface area contributed by atoms with Crippen LogP contribution in [-0.2, 0) is 4.79 Å². The van der Waals surface area contributed by atoms with Gasteiger partial charge in [0.25, 0.3) is 5.91 Å². The number of rotatable bonds is 5. The Bertz CT molecular complexity index is 938. The number of furan rings is 1. The summed E-state index contributed by atoms with van der Waals surface area (Å²) < 4.78 is 7.28. The Balaban J connectivity index is 1.41. The van der Waals surface area contributed by atoms with Crippen molar-refractivity contribution in [2.24, 2.45) is 0 Å². The molecule has 0 radical (unpaired) electrons. The lowest BCUT2D eigenvalue weighted by atomic mass is 10.0. The SMILES string of the molecule is Cc1ccc(C(CC(=O)N2CCN(C(=O)c3ccco3)CC2)n2cccc2)cc1. The van der Waals surface area contributed by atoms with Gasteiger partial charge in [-0.25, -0.2) is 0 Å². The molecular formula is C23H25N3O3. The van der Waals surface area contributed by atoms with E-state index in [9.17, 15) is 9.59 Å². The standard InChI is InChI=1S/C23H25N3O3/c1-18-6-8-19(9-7-18)20(24-10-2-3-11-24)17-22(27)25-12-14-26(15-13-25)23(28)21-5-4-16-29-21/h2-11,16,20H,12-15,17H2,1H3. The fourth-order valence-electron chi connectivity index (χ4n) is 3.75. The van der Waals surface area contributed by atoms with E-state index in [1.807, 2.05) is 29.4 Å². The number of amides is 2. The Morgan fingerprint density at radius 3 is 2.21 bits per heavy atom. The summed E-state index contributed by atoms with van der Waals surface area (Å²) in [5, 5.41) is 0. The second-order valence-corrected chi connectivity index (χ2v) is 7.41. The van der Waals surface area contributed by atoms with Gasteiger partial charge in [-0.3, -0.25) is 9.59 Å². The van der Waals surface area contributed by atoms with Gasteiger partial charge in [0.05, 0.1) is 18.7 Å². The van der Waals surface area contributed by atoms with Crippen molar-refractivity contribution >= 4 is 11.8 Å². The normalized spacial score (nSPS) is 15.3. The van der Waals surface area contributed by atoms with Crippen LogP contribution in [0, 0.1) is 6.92 Å². The first kappa shape index (κ1) is 19.1. The molecular weight excluding hydrogens is 366 g/mol. The second kappa shape index (κ2) is 8.39. The van der Waals surface area contributed by atoms with Crippen LogP contribution in [0.2, 0.25) is 0 Å². The molecule has 0 N–H and O–H groups in total. The first-order valence-electron chi connectivity index (χ1n) is 9.91. The molecule has 0 bridgehead atoms. The summed E-state index contributed by atoms with van der Waals surface area (Å²) in [7, 11) is 0. The molecule has 3 aromatic rings. The number of aryl methyl sites for hydroxylation is 1. The number of benzene rings is 1. The molecule has 6 nitrogen and oxygen atoms in total. The minimum atomic E-state index is -0.119. The zero-order chi connectivity index (χ0) is 20.2. The van der Waals surface area contributed by atoms with E-state index < -0.39 is 0 Å². The van der Waals surface area contributed by atoms with Crippen molar-refractivity contribution in [2.45, 2.75) is 19.4 Å². The molecule has 2 aromatic heterocycles. The summed E-state index contributed by atoms with van der Waals surface area (Å²) >= 11 is 0. The number of carbonyl (C=O) groups excluding carboxylic acids is 2. The van der Waals surface area contributed by atoms with Crippen LogP contribution in [0.3, 0.4) is 0 Å². The van der Waals surface area contributed by atoms with Crippen LogP contribution in [0.25, 0.3) is 0 Å². The summed E-state index contributed by atoms with van der Waals surface area (Å²) in [5.41, 5.74) is 2.32. The quantitative estimate of drug-likeness (QED) is 0.670. The van der Waals surface area contributed by atoms with Crippen LogP contribution in [0.5, 0.6) is 0 Å². The molecule has 0 spiro atoms. The van der Waals surface area contributed by atoms with Gasteiger partial charge >= 0.3 is 0 Å². The molecule has 3 heterocycles. The van der Waals surface area contributed by atoms with Crippen LogP contribution < -0.4 is 0 Å². The molecule has 1 aliphatic heterocycles. The van der Waals surface area contributed by atoms with E-state index in [-0.39, 0.29) is 17.9 Å². The van der Waals surface area contributed by atoms with Crippen LogP contribution in [0.15, 0.2) is 71.6 Å². The summed E-state index contributed by atoms with van der Waals surface area (Å²) in [5.74, 6) is 0.332. The van der Waals surface area contributed by atoms with E-state index in [1.54, 1.807) is 17.0 Å². The topological polar surface area (TPSA) is 58.7 Å². The lowest BCUT2D eigenvalue weighted by Crippen LogP contribution is -2.50. The van der Waals surface area contributed by atoms with Gasteiger partial charge in [0.15, 0.2) is 5.76 Å². The number of aromatic nitrogens is 1. The lowest BCUT2D eigenvalue weighted by Gasteiger charge is -2.35. The van der Waals surface area contributed by atoms with Gasteiger partial charge in [-0.15, -0.1) is 0 Å². The molecule has 1 atom stereocenters. The second-order valence-electron chi connectivity index (χ2n) is 7.41. The van der Waals surface area contributed by atoms with E-state index in [4.69, 9.17) is 4.42 Å². The first-order chi connectivity index (χ1) is 14.1. The van der Waals surface area contributed by atoms with E-state index in [2.05, 4.69) is 35.8 Å². The van der Waals surface area contributed by atoms with Gasteiger partial charge in [-0.05, 0) is 36.8 Å². The van der Waals surface area contributed by atoms with Crippen molar-refractivity contribution < 1.29 is 14.0 Å². The highest BCUT2D eigenvalue weighted by Crippen LogP contribution is 2.24. The molecule has 150 valence electrons. The fourth-order valence-corrected chi connectivity index (χ4v) is 3.75. The third-order valence-electron chi connectivity index (χ3n) is 5.47. The largest absolute Gasteiger partial charge is 0.459 e. The van der Waals surface area contributed by atoms with Gasteiger partial charge in [-0.1, -0.05) is 29.8 Å². The highest BCUT2D eigenvalue weighted by molar-refractivity contribution is 5.91. The third-order valence-corrected chi connectivity index (χ3v) is 5.47. The number of piperazine rings is 1. The average molecular weight is 391 g/mol. The Morgan fingerprint density at radius 2 is 1.59 bits per heavy atom. The Hall–Kier alpha value is -3.28. The summed E-state index contributed by atoms with van der Waals surface area (Å²) in [4.78, 5) is 29.0. The van der Waals surface area contributed by atoms with Gasteiger partial charge < -0.3 is 18.8 Å². The van der Waals surface area contributed by atoms with E-state index >= 15 is 0 Å². The van der Waals surface area contributed by atoms with E-state index in [0.717, 1.165) is 5.56 Å². The molecule has 0 aliphatic carbocycles. The van der Waals surface area contributed by atoms with Gasteiger partial charge in [0, 0.05) is 38.6 Å². The minimum absolute atomic E-state index is 0.0409. The van der Waals surface area contributed by atoms with Crippen molar-refractivity contribution in [3.63, 3.8) is 0 Å². The highest BCUT2D eigenvalue weighted by Gasteiger charge is 2.28. The molecule has 1 aliphatic rings. The van der Waals surface area contributed by atoms with Crippen molar-refractivity contribution in [1.29, 1.82) is 0 Å².